The molecule has 0 aromatic heterocycles. The molecule has 1 atom stereocenters. The molecule has 1 heterocycles. The summed E-state index contributed by atoms with van der Waals surface area (Å²) in [6.07, 6.45) is -9.02. The highest BCUT2D eigenvalue weighted by atomic mass is 19.4. The van der Waals surface area contributed by atoms with Gasteiger partial charge >= 0.3 is 12.4 Å². The van der Waals surface area contributed by atoms with Crippen LogP contribution in [0, 0.1) is 10.8 Å². The maximum Gasteiger partial charge on any atom is 0.404 e. The summed E-state index contributed by atoms with van der Waals surface area (Å²) < 4.78 is 98.0. The van der Waals surface area contributed by atoms with Crippen LogP contribution in [-0.2, 0) is 18.4 Å². The predicted molar refractivity (Wildman–Crippen MR) is 150 cm³/mol. The number of halogens is 6. The first kappa shape index (κ1) is 34.3. The van der Waals surface area contributed by atoms with Gasteiger partial charge in [0.05, 0.1) is 24.0 Å². The van der Waals surface area contributed by atoms with E-state index in [1.165, 1.54) is 5.01 Å². The summed E-state index contributed by atoms with van der Waals surface area (Å²) in [5.74, 6) is -2.12. The Hall–Kier alpha value is -3.22. The Morgan fingerprint density at radius 3 is 2.26 bits per heavy atom. The smallest absolute Gasteiger partial charge is 0.404 e. The van der Waals surface area contributed by atoms with Crippen molar-refractivity contribution in [3.8, 4) is 17.2 Å². The number of nitrogens with zero attached hydrogens (tertiary/aromatic N) is 2. The van der Waals surface area contributed by atoms with Crippen LogP contribution in [0.5, 0.6) is 17.2 Å². The summed E-state index contributed by atoms with van der Waals surface area (Å²) in [4.78, 5) is 11.6. The first-order chi connectivity index (χ1) is 20.1. The van der Waals surface area contributed by atoms with Crippen molar-refractivity contribution in [2.75, 3.05) is 26.5 Å². The van der Waals surface area contributed by atoms with Gasteiger partial charge in [-0.05, 0) is 72.9 Å². The molecular formula is C30H39F6N3O4. The highest BCUT2D eigenvalue weighted by Crippen LogP contribution is 2.48. The van der Waals surface area contributed by atoms with E-state index >= 15 is 0 Å². The number of nitrogens with two attached hydrogens (primary N) is 1. The molecule has 0 saturated carbocycles. The molecule has 1 aliphatic heterocycles. The Bertz CT molecular complexity index is 1220. The molecular weight excluding hydrogens is 580 g/mol. The Balaban J connectivity index is 1.69. The molecule has 0 spiro atoms. The minimum atomic E-state index is -5.49. The SMILES string of the molecule is CCCc1cc(C(C(F)(F)F)C(F)(F)F)cc(CC(C)C)c1OCCCCN(CC(C)(N)c1ccc2c(c1)OCO2)N=O. The van der Waals surface area contributed by atoms with Crippen LogP contribution < -0.4 is 19.9 Å². The fourth-order valence-electron chi connectivity index (χ4n) is 5.19. The zero-order chi connectivity index (χ0) is 32.0. The van der Waals surface area contributed by atoms with Crippen molar-refractivity contribution in [1.29, 1.82) is 0 Å². The first-order valence-corrected chi connectivity index (χ1v) is 14.3. The van der Waals surface area contributed by atoms with Crippen molar-refractivity contribution in [3.05, 3.63) is 57.5 Å². The van der Waals surface area contributed by atoms with Gasteiger partial charge in [-0.3, -0.25) is 5.01 Å². The van der Waals surface area contributed by atoms with E-state index in [-0.39, 0.29) is 45.2 Å². The molecule has 1 aliphatic rings. The van der Waals surface area contributed by atoms with Gasteiger partial charge in [-0.15, -0.1) is 4.91 Å². The minimum Gasteiger partial charge on any atom is -0.493 e. The molecule has 0 saturated heterocycles. The zero-order valence-electron chi connectivity index (χ0n) is 24.8. The molecule has 43 heavy (non-hydrogen) atoms. The summed E-state index contributed by atoms with van der Waals surface area (Å²) in [6, 6.07) is 7.27. The second-order valence-electron chi connectivity index (χ2n) is 11.5. The van der Waals surface area contributed by atoms with Gasteiger partial charge in [0.25, 0.3) is 0 Å². The van der Waals surface area contributed by atoms with Gasteiger partial charge in [-0.2, -0.15) is 26.3 Å². The van der Waals surface area contributed by atoms with Gasteiger partial charge in [0.2, 0.25) is 6.79 Å². The molecule has 0 amide bonds. The second kappa shape index (κ2) is 14.0. The number of aryl methyl sites for hydroxylation is 1. The fourth-order valence-corrected chi connectivity index (χ4v) is 5.19. The molecule has 0 fully saturated rings. The zero-order valence-corrected chi connectivity index (χ0v) is 24.8. The number of hydrogen-bond donors (Lipinski definition) is 1. The number of alkyl halides is 6. The standard InChI is InChI=1S/C30H39F6N3O4/c1-5-8-20-14-22(27(29(31,32)33)30(34,35)36)15-21(13-19(2)3)26(20)41-12-7-6-11-39(38-40)17-28(4,37)23-9-10-24-25(16-23)43-18-42-24/h9-10,14-16,19,27H,5-8,11-13,17-18,37H2,1-4H3. The van der Waals surface area contributed by atoms with Crippen molar-refractivity contribution in [2.45, 2.75) is 83.6 Å². The van der Waals surface area contributed by atoms with Crippen molar-refractivity contribution in [3.63, 3.8) is 0 Å². The lowest BCUT2D eigenvalue weighted by atomic mass is 9.89. The number of unbranched alkanes of at least 4 members (excludes halogenated alkanes) is 1. The molecule has 7 nitrogen and oxygen atoms in total. The lowest BCUT2D eigenvalue weighted by molar-refractivity contribution is -0.253. The van der Waals surface area contributed by atoms with Crippen molar-refractivity contribution < 1.29 is 40.6 Å². The molecule has 2 aromatic rings. The van der Waals surface area contributed by atoms with Crippen molar-refractivity contribution in [2.24, 2.45) is 16.9 Å². The molecule has 240 valence electrons. The average Bonchev–Trinajstić information content (AvgIpc) is 3.35. The molecule has 13 heteroatoms. The van der Waals surface area contributed by atoms with Gasteiger partial charge < -0.3 is 19.9 Å². The molecule has 0 radical (unpaired) electrons. The Labute approximate surface area is 247 Å². The number of nitroso groups, excluding NO2 is 1. The van der Waals surface area contributed by atoms with Crippen LogP contribution in [0.15, 0.2) is 35.6 Å². The van der Waals surface area contributed by atoms with Crippen LogP contribution in [0.1, 0.15) is 75.1 Å². The minimum absolute atomic E-state index is 0.0372. The third-order valence-electron chi connectivity index (χ3n) is 7.12. The van der Waals surface area contributed by atoms with E-state index in [2.05, 4.69) is 5.29 Å². The molecule has 2 aromatic carbocycles. The predicted octanol–water partition coefficient (Wildman–Crippen LogP) is 7.79. The fraction of sp³-hybridized carbons (Fsp3) is 0.600. The number of fused-ring (bicyclic) bond motifs is 1. The van der Waals surface area contributed by atoms with Crippen LogP contribution in [0.4, 0.5) is 26.3 Å². The Kier molecular flexibility index (Phi) is 11.2. The van der Waals surface area contributed by atoms with E-state index in [1.807, 2.05) is 13.8 Å². The lowest BCUT2D eigenvalue weighted by Gasteiger charge is -2.29. The second-order valence-corrected chi connectivity index (χ2v) is 11.5. The number of rotatable bonds is 15. The van der Waals surface area contributed by atoms with Gasteiger partial charge in [0.15, 0.2) is 17.4 Å². The summed E-state index contributed by atoms with van der Waals surface area (Å²) >= 11 is 0. The maximum absolute atomic E-state index is 13.5. The molecule has 3 rings (SSSR count). The maximum atomic E-state index is 13.5. The largest absolute Gasteiger partial charge is 0.493 e. The number of ether oxygens (including phenoxy) is 3. The van der Waals surface area contributed by atoms with Gasteiger partial charge in [0.1, 0.15) is 5.75 Å². The highest BCUT2D eigenvalue weighted by molar-refractivity contribution is 5.47. The number of hydrogen-bond acceptors (Lipinski definition) is 6. The van der Waals surface area contributed by atoms with Crippen LogP contribution in [0.3, 0.4) is 0 Å². The average molecular weight is 620 g/mol. The summed E-state index contributed by atoms with van der Waals surface area (Å²) in [5, 5.41) is 4.41. The topological polar surface area (TPSA) is 86.4 Å². The summed E-state index contributed by atoms with van der Waals surface area (Å²) in [5.41, 5.74) is 6.10. The first-order valence-electron chi connectivity index (χ1n) is 14.3. The third-order valence-corrected chi connectivity index (χ3v) is 7.12. The van der Waals surface area contributed by atoms with E-state index in [4.69, 9.17) is 19.9 Å². The van der Waals surface area contributed by atoms with Crippen LogP contribution in [-0.4, -0.2) is 43.9 Å². The quantitative estimate of drug-likeness (QED) is 0.0948. The van der Waals surface area contributed by atoms with Crippen molar-refractivity contribution in [1.82, 2.24) is 5.01 Å². The molecule has 0 bridgehead atoms. The normalized spacial score (nSPS) is 14.7. The Morgan fingerprint density at radius 1 is 1.00 bits per heavy atom. The van der Waals surface area contributed by atoms with E-state index in [0.29, 0.717) is 47.6 Å². The van der Waals surface area contributed by atoms with Crippen LogP contribution in [0.2, 0.25) is 0 Å². The monoisotopic (exact) mass is 619 g/mol. The van der Waals surface area contributed by atoms with Gasteiger partial charge in [-0.25, -0.2) is 0 Å². The van der Waals surface area contributed by atoms with Crippen LogP contribution >= 0.6 is 0 Å². The molecule has 0 aliphatic carbocycles. The van der Waals surface area contributed by atoms with Gasteiger partial charge in [-0.1, -0.05) is 45.4 Å². The van der Waals surface area contributed by atoms with E-state index in [9.17, 15) is 31.2 Å². The summed E-state index contributed by atoms with van der Waals surface area (Å²) in [7, 11) is 0. The highest BCUT2D eigenvalue weighted by Gasteiger charge is 2.57. The van der Waals surface area contributed by atoms with Crippen LogP contribution in [0.25, 0.3) is 0 Å². The lowest BCUT2D eigenvalue weighted by Crippen LogP contribution is -2.43. The Morgan fingerprint density at radius 2 is 1.65 bits per heavy atom. The van der Waals surface area contributed by atoms with E-state index in [1.54, 1.807) is 32.0 Å². The van der Waals surface area contributed by atoms with Gasteiger partial charge in [0, 0.05) is 6.54 Å². The number of benzene rings is 2. The molecule has 2 N–H and O–H groups in total. The van der Waals surface area contributed by atoms with E-state index in [0.717, 1.165) is 17.7 Å². The summed E-state index contributed by atoms with van der Waals surface area (Å²) in [6.45, 7) is 7.88. The van der Waals surface area contributed by atoms with Crippen molar-refractivity contribution >= 4 is 0 Å². The van der Waals surface area contributed by atoms with E-state index < -0.39 is 29.4 Å². The third kappa shape index (κ3) is 9.14. The molecule has 1 unspecified atom stereocenters.